The van der Waals surface area contributed by atoms with Gasteiger partial charge in [0.15, 0.2) is 0 Å². The van der Waals surface area contributed by atoms with E-state index in [4.69, 9.17) is 0 Å². The van der Waals surface area contributed by atoms with Gasteiger partial charge in [-0.1, -0.05) is 30.3 Å². The largest absolute Gasteiger partial charge is 0.312 e. The fourth-order valence-electron chi connectivity index (χ4n) is 2.24. The van der Waals surface area contributed by atoms with Gasteiger partial charge < -0.3 is 5.32 Å². The van der Waals surface area contributed by atoms with Crippen LogP contribution < -0.4 is 5.32 Å². The summed E-state index contributed by atoms with van der Waals surface area (Å²) in [5.41, 5.74) is 2.95. The van der Waals surface area contributed by atoms with Crippen molar-refractivity contribution in [1.82, 2.24) is 5.32 Å². The van der Waals surface area contributed by atoms with Crippen molar-refractivity contribution in [2.24, 2.45) is 0 Å². The van der Waals surface area contributed by atoms with E-state index in [1.54, 1.807) is 0 Å². The molecule has 1 aliphatic rings. The molecular weight excluding hydrogens is 202 g/mol. The molecule has 0 bridgehead atoms. The van der Waals surface area contributed by atoms with Gasteiger partial charge in [-0.25, -0.2) is 0 Å². The first-order valence-corrected chi connectivity index (χ1v) is 6.15. The zero-order valence-corrected chi connectivity index (χ0v) is 9.26. The third-order valence-corrected chi connectivity index (χ3v) is 3.97. The molecule has 1 N–H and O–H groups in total. The van der Waals surface area contributed by atoms with Crippen LogP contribution in [-0.4, -0.2) is 6.54 Å². The minimum absolute atomic E-state index is 0.551. The number of rotatable bonds is 1. The molecule has 2 aromatic rings. The van der Waals surface area contributed by atoms with Crippen molar-refractivity contribution < 1.29 is 0 Å². The highest BCUT2D eigenvalue weighted by Crippen LogP contribution is 2.32. The van der Waals surface area contributed by atoms with Crippen LogP contribution in [-0.2, 0) is 6.54 Å². The van der Waals surface area contributed by atoms with E-state index in [0.29, 0.717) is 5.92 Å². The Hall–Kier alpha value is -1.12. The van der Waals surface area contributed by atoms with Crippen LogP contribution in [0, 0.1) is 0 Å². The molecule has 1 atom stereocenters. The summed E-state index contributed by atoms with van der Waals surface area (Å²) in [7, 11) is 0. The second-order valence-electron chi connectivity index (χ2n) is 3.90. The van der Waals surface area contributed by atoms with Crippen LogP contribution >= 0.6 is 11.3 Å². The predicted molar refractivity (Wildman–Crippen MR) is 64.3 cm³/mol. The summed E-state index contributed by atoms with van der Waals surface area (Å²) in [6, 6.07) is 13.1. The monoisotopic (exact) mass is 215 g/mol. The van der Waals surface area contributed by atoms with Gasteiger partial charge in [-0.05, 0) is 22.6 Å². The molecule has 3 rings (SSSR count). The second kappa shape index (κ2) is 3.80. The van der Waals surface area contributed by atoms with E-state index in [9.17, 15) is 0 Å². The first kappa shape index (κ1) is 9.13. The van der Waals surface area contributed by atoms with Crippen molar-refractivity contribution >= 4 is 11.3 Å². The Morgan fingerprint density at radius 2 is 2.07 bits per heavy atom. The number of thiophene rings is 1. The standard InChI is InChI=1S/C13H13NS/c1-2-5-11-10(4-1)8-14-9-12(11)13-6-3-7-15-13/h1-7,12,14H,8-9H2/t12-/m0/s1. The molecule has 15 heavy (non-hydrogen) atoms. The van der Waals surface area contributed by atoms with Crippen molar-refractivity contribution in [3.05, 3.63) is 57.8 Å². The summed E-state index contributed by atoms with van der Waals surface area (Å²) in [4.78, 5) is 1.47. The molecule has 2 heteroatoms. The first-order chi connectivity index (χ1) is 7.45. The maximum absolute atomic E-state index is 3.49. The van der Waals surface area contributed by atoms with E-state index in [-0.39, 0.29) is 0 Å². The Labute approximate surface area is 93.8 Å². The Morgan fingerprint density at radius 3 is 2.93 bits per heavy atom. The van der Waals surface area contributed by atoms with Crippen LogP contribution in [0.25, 0.3) is 0 Å². The number of nitrogens with one attached hydrogen (secondary N) is 1. The van der Waals surface area contributed by atoms with Gasteiger partial charge in [-0.15, -0.1) is 11.3 Å². The molecule has 0 fully saturated rings. The van der Waals surface area contributed by atoms with Gasteiger partial charge in [0.25, 0.3) is 0 Å². The minimum atomic E-state index is 0.551. The lowest BCUT2D eigenvalue weighted by Gasteiger charge is -2.25. The van der Waals surface area contributed by atoms with E-state index in [0.717, 1.165) is 13.1 Å². The van der Waals surface area contributed by atoms with Crippen LogP contribution in [0.5, 0.6) is 0 Å². The summed E-state index contributed by atoms with van der Waals surface area (Å²) >= 11 is 1.85. The van der Waals surface area contributed by atoms with Crippen LogP contribution in [0.3, 0.4) is 0 Å². The van der Waals surface area contributed by atoms with Crippen molar-refractivity contribution in [3.8, 4) is 0 Å². The third-order valence-electron chi connectivity index (χ3n) is 2.98. The highest BCUT2D eigenvalue weighted by Gasteiger charge is 2.21. The lowest BCUT2D eigenvalue weighted by molar-refractivity contribution is 0.596. The van der Waals surface area contributed by atoms with E-state index in [1.807, 2.05) is 11.3 Å². The summed E-state index contributed by atoms with van der Waals surface area (Å²) in [5.74, 6) is 0.551. The molecule has 2 heterocycles. The zero-order valence-electron chi connectivity index (χ0n) is 8.44. The van der Waals surface area contributed by atoms with Gasteiger partial charge in [0.2, 0.25) is 0 Å². The minimum Gasteiger partial charge on any atom is -0.312 e. The molecule has 1 nitrogen and oxygen atoms in total. The van der Waals surface area contributed by atoms with Crippen molar-refractivity contribution in [3.63, 3.8) is 0 Å². The Bertz CT molecular complexity index is 447. The highest BCUT2D eigenvalue weighted by molar-refractivity contribution is 7.10. The Balaban J connectivity index is 2.06. The summed E-state index contributed by atoms with van der Waals surface area (Å²) in [5, 5.41) is 5.65. The van der Waals surface area contributed by atoms with E-state index < -0.39 is 0 Å². The number of hydrogen-bond acceptors (Lipinski definition) is 2. The molecule has 0 unspecified atom stereocenters. The van der Waals surface area contributed by atoms with E-state index in [1.165, 1.54) is 16.0 Å². The molecule has 1 aromatic carbocycles. The molecule has 0 spiro atoms. The van der Waals surface area contributed by atoms with Crippen molar-refractivity contribution in [1.29, 1.82) is 0 Å². The number of hydrogen-bond donors (Lipinski definition) is 1. The third kappa shape index (κ3) is 1.60. The molecule has 0 radical (unpaired) electrons. The van der Waals surface area contributed by atoms with Gasteiger partial charge in [0.1, 0.15) is 0 Å². The molecular formula is C13H13NS. The number of benzene rings is 1. The molecule has 76 valence electrons. The molecule has 0 saturated carbocycles. The average molecular weight is 215 g/mol. The molecule has 1 aliphatic heterocycles. The highest BCUT2D eigenvalue weighted by atomic mass is 32.1. The molecule has 1 aromatic heterocycles. The average Bonchev–Trinajstić information content (AvgIpc) is 2.82. The van der Waals surface area contributed by atoms with Crippen LogP contribution in [0.15, 0.2) is 41.8 Å². The van der Waals surface area contributed by atoms with Gasteiger partial charge >= 0.3 is 0 Å². The normalized spacial score (nSPS) is 19.9. The van der Waals surface area contributed by atoms with Gasteiger partial charge in [-0.3, -0.25) is 0 Å². The second-order valence-corrected chi connectivity index (χ2v) is 4.88. The van der Waals surface area contributed by atoms with Crippen LogP contribution in [0.4, 0.5) is 0 Å². The zero-order chi connectivity index (χ0) is 10.1. The van der Waals surface area contributed by atoms with Crippen molar-refractivity contribution in [2.45, 2.75) is 12.5 Å². The Morgan fingerprint density at radius 1 is 1.13 bits per heavy atom. The Kier molecular flexibility index (Phi) is 2.31. The summed E-state index contributed by atoms with van der Waals surface area (Å²) in [6.45, 7) is 2.08. The van der Waals surface area contributed by atoms with Crippen molar-refractivity contribution in [2.75, 3.05) is 6.54 Å². The predicted octanol–water partition coefficient (Wildman–Crippen LogP) is 2.98. The first-order valence-electron chi connectivity index (χ1n) is 5.27. The van der Waals surface area contributed by atoms with Crippen LogP contribution in [0.1, 0.15) is 21.9 Å². The summed E-state index contributed by atoms with van der Waals surface area (Å²) in [6.07, 6.45) is 0. The quantitative estimate of drug-likeness (QED) is 0.771. The summed E-state index contributed by atoms with van der Waals surface area (Å²) < 4.78 is 0. The lowest BCUT2D eigenvalue weighted by atomic mass is 9.90. The van der Waals surface area contributed by atoms with Gasteiger partial charge in [-0.2, -0.15) is 0 Å². The van der Waals surface area contributed by atoms with Crippen LogP contribution in [0.2, 0.25) is 0 Å². The van der Waals surface area contributed by atoms with E-state index in [2.05, 4.69) is 47.1 Å². The maximum Gasteiger partial charge on any atom is 0.0312 e. The fraction of sp³-hybridized carbons (Fsp3) is 0.231. The topological polar surface area (TPSA) is 12.0 Å². The molecule has 0 aliphatic carbocycles. The fourth-order valence-corrected chi connectivity index (χ4v) is 3.09. The molecule has 0 amide bonds. The van der Waals surface area contributed by atoms with E-state index >= 15 is 0 Å². The SMILES string of the molecule is c1csc([C@H]2CNCc3ccccc32)c1. The molecule has 0 saturated heterocycles. The number of fused-ring (bicyclic) bond motifs is 1. The smallest absolute Gasteiger partial charge is 0.0312 e. The van der Waals surface area contributed by atoms with Gasteiger partial charge in [0, 0.05) is 23.9 Å². The maximum atomic E-state index is 3.49. The van der Waals surface area contributed by atoms with Gasteiger partial charge in [0.05, 0.1) is 0 Å². The lowest BCUT2D eigenvalue weighted by Crippen LogP contribution is -2.28.